The van der Waals surface area contributed by atoms with E-state index in [1.165, 1.54) is 0 Å². The molecule has 0 aromatic heterocycles. The number of allylic oxidation sites excluding steroid dienone is 2. The van der Waals surface area contributed by atoms with E-state index in [1.54, 1.807) is 13.1 Å². The topological polar surface area (TPSA) is 32.6 Å². The third-order valence-electron chi connectivity index (χ3n) is 1.19. The number of aliphatic hydroxyl groups is 1. The second-order valence-electron chi connectivity index (χ2n) is 2.51. The van der Waals surface area contributed by atoms with Crippen molar-refractivity contribution in [3.63, 3.8) is 0 Å². The third-order valence-corrected chi connectivity index (χ3v) is 1.19. The molecule has 0 heterocycles. The molecule has 0 atom stereocenters. The predicted molar refractivity (Wildman–Crippen MR) is 44.3 cm³/mol. The zero-order chi connectivity index (χ0) is 8.15. The summed E-state index contributed by atoms with van der Waals surface area (Å²) in [6, 6.07) is 0. The maximum atomic E-state index is 9.08. The van der Waals surface area contributed by atoms with Gasteiger partial charge in [-0.25, -0.2) is 0 Å². The van der Waals surface area contributed by atoms with Crippen LogP contribution in [0, 0.1) is 5.92 Å². The van der Waals surface area contributed by atoms with Crippen molar-refractivity contribution < 1.29 is 5.11 Å². The van der Waals surface area contributed by atoms with Gasteiger partial charge in [0.1, 0.15) is 5.76 Å². The van der Waals surface area contributed by atoms with E-state index < -0.39 is 0 Å². The van der Waals surface area contributed by atoms with Crippen molar-refractivity contribution in [1.29, 1.82) is 0 Å². The number of rotatable bonds is 2. The molecule has 0 rings (SSSR count). The summed E-state index contributed by atoms with van der Waals surface area (Å²) in [7, 11) is 0. The molecular weight excluding hydrogens is 126 g/mol. The Morgan fingerprint density at radius 3 is 2.10 bits per heavy atom. The highest BCUT2D eigenvalue weighted by Crippen LogP contribution is 2.13. The fourth-order valence-corrected chi connectivity index (χ4v) is 0.799. The van der Waals surface area contributed by atoms with Gasteiger partial charge in [0.2, 0.25) is 0 Å². The van der Waals surface area contributed by atoms with Crippen molar-refractivity contribution in [3.8, 4) is 0 Å². The van der Waals surface area contributed by atoms with E-state index in [0.29, 0.717) is 11.7 Å². The molecule has 0 spiro atoms. The Labute approximate surface area is 62.3 Å². The molecule has 0 aliphatic heterocycles. The van der Waals surface area contributed by atoms with Gasteiger partial charge in [0.05, 0.1) is 5.70 Å². The molecule has 0 amide bonds. The number of aliphatic imine (C=N–C) groups is 1. The quantitative estimate of drug-likeness (QED) is 0.465. The van der Waals surface area contributed by atoms with Crippen LogP contribution >= 0.6 is 0 Å². The highest BCUT2D eigenvalue weighted by molar-refractivity contribution is 5.55. The maximum absolute atomic E-state index is 9.08. The minimum atomic E-state index is 0.293. The molecule has 10 heavy (non-hydrogen) atoms. The van der Waals surface area contributed by atoms with Crippen molar-refractivity contribution in [3.05, 3.63) is 11.5 Å². The van der Waals surface area contributed by atoms with E-state index in [-0.39, 0.29) is 0 Å². The molecule has 0 aliphatic rings. The summed E-state index contributed by atoms with van der Waals surface area (Å²) in [5, 5.41) is 9.08. The Balaban J connectivity index is 4.44. The lowest BCUT2D eigenvalue weighted by molar-refractivity contribution is 0.397. The SMILES string of the molecule is C/C=N\C(=C(\C)O)C(C)C. The van der Waals surface area contributed by atoms with E-state index in [2.05, 4.69) is 4.99 Å². The van der Waals surface area contributed by atoms with E-state index in [0.717, 1.165) is 5.70 Å². The van der Waals surface area contributed by atoms with Crippen LogP contribution in [0.25, 0.3) is 0 Å². The van der Waals surface area contributed by atoms with Gasteiger partial charge in [-0.1, -0.05) is 13.8 Å². The standard InChI is InChI=1S/C8H15NO/c1-5-9-8(6(2)3)7(4)10/h5-6,10H,1-4H3/b8-7-,9-5-. The third kappa shape index (κ3) is 2.67. The molecule has 0 saturated carbocycles. The average molecular weight is 141 g/mol. The Kier molecular flexibility index (Phi) is 3.77. The van der Waals surface area contributed by atoms with Crippen molar-refractivity contribution >= 4 is 6.21 Å². The first kappa shape index (κ1) is 9.21. The summed E-state index contributed by atoms with van der Waals surface area (Å²) in [6.45, 7) is 7.50. The second kappa shape index (κ2) is 4.09. The van der Waals surface area contributed by atoms with Crippen molar-refractivity contribution in [2.75, 3.05) is 0 Å². The zero-order valence-electron chi connectivity index (χ0n) is 7.05. The van der Waals surface area contributed by atoms with Crippen LogP contribution in [0.1, 0.15) is 27.7 Å². The molecule has 2 nitrogen and oxygen atoms in total. The summed E-state index contributed by atoms with van der Waals surface area (Å²) in [5.74, 6) is 0.606. The largest absolute Gasteiger partial charge is 0.511 e. The van der Waals surface area contributed by atoms with Crippen LogP contribution < -0.4 is 0 Å². The Bertz CT molecular complexity index is 153. The maximum Gasteiger partial charge on any atom is 0.111 e. The van der Waals surface area contributed by atoms with E-state index in [9.17, 15) is 0 Å². The zero-order valence-corrected chi connectivity index (χ0v) is 7.05. The second-order valence-corrected chi connectivity index (χ2v) is 2.51. The molecule has 0 fully saturated rings. The number of nitrogens with zero attached hydrogens (tertiary/aromatic N) is 1. The molecular formula is C8H15NO. The van der Waals surface area contributed by atoms with E-state index in [4.69, 9.17) is 5.11 Å². The Morgan fingerprint density at radius 2 is 2.00 bits per heavy atom. The van der Waals surface area contributed by atoms with Crippen molar-refractivity contribution in [1.82, 2.24) is 0 Å². The average Bonchev–Trinajstić information content (AvgIpc) is 1.81. The Morgan fingerprint density at radius 1 is 1.50 bits per heavy atom. The number of hydrogen-bond donors (Lipinski definition) is 1. The molecule has 0 bridgehead atoms. The van der Waals surface area contributed by atoms with Crippen LogP contribution in [0.2, 0.25) is 0 Å². The normalized spacial score (nSPS) is 14.5. The van der Waals surface area contributed by atoms with Gasteiger partial charge in [-0.15, -0.1) is 0 Å². The lowest BCUT2D eigenvalue weighted by Gasteiger charge is -2.05. The van der Waals surface area contributed by atoms with Crippen LogP contribution in [0.3, 0.4) is 0 Å². The monoisotopic (exact) mass is 141 g/mol. The van der Waals surface area contributed by atoms with Gasteiger partial charge in [0.25, 0.3) is 0 Å². The molecule has 0 unspecified atom stereocenters. The molecule has 0 radical (unpaired) electrons. The fraction of sp³-hybridized carbons (Fsp3) is 0.625. The molecule has 58 valence electrons. The number of aliphatic hydroxyl groups excluding tert-OH is 1. The van der Waals surface area contributed by atoms with Crippen LogP contribution in [-0.4, -0.2) is 11.3 Å². The smallest absolute Gasteiger partial charge is 0.111 e. The molecule has 0 aliphatic carbocycles. The van der Waals surface area contributed by atoms with Gasteiger partial charge in [0, 0.05) is 6.21 Å². The highest BCUT2D eigenvalue weighted by atomic mass is 16.3. The van der Waals surface area contributed by atoms with E-state index in [1.807, 2.05) is 20.8 Å². The van der Waals surface area contributed by atoms with Gasteiger partial charge < -0.3 is 5.11 Å². The van der Waals surface area contributed by atoms with Gasteiger partial charge in [0.15, 0.2) is 0 Å². The van der Waals surface area contributed by atoms with Crippen molar-refractivity contribution in [2.45, 2.75) is 27.7 Å². The summed E-state index contributed by atoms with van der Waals surface area (Å²) in [6.07, 6.45) is 1.69. The lowest BCUT2D eigenvalue weighted by Crippen LogP contribution is -1.94. The number of hydrogen-bond acceptors (Lipinski definition) is 2. The van der Waals surface area contributed by atoms with Crippen LogP contribution in [-0.2, 0) is 0 Å². The molecule has 2 heteroatoms. The summed E-state index contributed by atoms with van der Waals surface area (Å²) >= 11 is 0. The minimum Gasteiger partial charge on any atom is -0.511 e. The molecule has 1 N–H and O–H groups in total. The molecule has 0 saturated heterocycles. The minimum absolute atomic E-state index is 0.293. The van der Waals surface area contributed by atoms with Crippen LogP contribution in [0.15, 0.2) is 16.4 Å². The predicted octanol–water partition coefficient (Wildman–Crippen LogP) is 2.52. The van der Waals surface area contributed by atoms with Gasteiger partial charge in [-0.05, 0) is 19.8 Å². The van der Waals surface area contributed by atoms with Crippen LogP contribution in [0.5, 0.6) is 0 Å². The van der Waals surface area contributed by atoms with Crippen molar-refractivity contribution in [2.24, 2.45) is 10.9 Å². The van der Waals surface area contributed by atoms with Gasteiger partial charge in [-0.2, -0.15) is 0 Å². The van der Waals surface area contributed by atoms with E-state index >= 15 is 0 Å². The summed E-state index contributed by atoms with van der Waals surface area (Å²) in [4.78, 5) is 4.03. The summed E-state index contributed by atoms with van der Waals surface area (Å²) in [5.41, 5.74) is 0.766. The first-order valence-corrected chi connectivity index (χ1v) is 3.48. The first-order chi connectivity index (χ1) is 4.59. The Hall–Kier alpha value is -0.790. The lowest BCUT2D eigenvalue weighted by atomic mass is 10.1. The molecule has 0 aromatic carbocycles. The van der Waals surface area contributed by atoms with Gasteiger partial charge in [-0.3, -0.25) is 4.99 Å². The van der Waals surface area contributed by atoms with Crippen LogP contribution in [0.4, 0.5) is 0 Å². The first-order valence-electron chi connectivity index (χ1n) is 3.48. The summed E-state index contributed by atoms with van der Waals surface area (Å²) < 4.78 is 0. The molecule has 0 aromatic rings. The highest BCUT2D eigenvalue weighted by Gasteiger charge is 2.03. The fourth-order valence-electron chi connectivity index (χ4n) is 0.799. The van der Waals surface area contributed by atoms with Gasteiger partial charge >= 0.3 is 0 Å².